The number of rotatable bonds is 5. The number of carbonyl (C=O) groups is 1. The van der Waals surface area contributed by atoms with Crippen LogP contribution in [0.4, 0.5) is 0 Å². The number of aromatic hydroxyl groups is 1. The van der Waals surface area contributed by atoms with Gasteiger partial charge in [0.25, 0.3) is 5.91 Å². The first-order valence-corrected chi connectivity index (χ1v) is 6.37. The second-order valence-electron chi connectivity index (χ2n) is 4.56. The van der Waals surface area contributed by atoms with Crippen LogP contribution in [0, 0.1) is 6.92 Å². The summed E-state index contributed by atoms with van der Waals surface area (Å²) in [4.78, 5) is 11.7. The maximum atomic E-state index is 11.7. The van der Waals surface area contributed by atoms with Crippen LogP contribution >= 0.6 is 0 Å². The van der Waals surface area contributed by atoms with E-state index in [0.29, 0.717) is 12.3 Å². The summed E-state index contributed by atoms with van der Waals surface area (Å²) in [6, 6.07) is 14.5. The normalized spacial score (nSPS) is 10.1. The maximum absolute atomic E-state index is 11.7. The van der Waals surface area contributed by atoms with Gasteiger partial charge >= 0.3 is 0 Å². The monoisotopic (exact) mass is 271 g/mol. The predicted molar refractivity (Wildman–Crippen MR) is 76.6 cm³/mol. The zero-order chi connectivity index (χ0) is 14.4. The second kappa shape index (κ2) is 6.61. The van der Waals surface area contributed by atoms with E-state index in [-0.39, 0.29) is 18.3 Å². The smallest absolute Gasteiger partial charge is 0.258 e. The van der Waals surface area contributed by atoms with Gasteiger partial charge in [0.1, 0.15) is 11.5 Å². The first kappa shape index (κ1) is 13.9. The molecule has 2 N–H and O–H groups in total. The molecular weight excluding hydrogens is 254 g/mol. The van der Waals surface area contributed by atoms with Crippen LogP contribution in [-0.4, -0.2) is 17.6 Å². The first-order valence-electron chi connectivity index (χ1n) is 6.37. The lowest BCUT2D eigenvalue weighted by Crippen LogP contribution is -2.28. The largest absolute Gasteiger partial charge is 0.508 e. The Morgan fingerprint density at radius 2 is 1.95 bits per heavy atom. The minimum absolute atomic E-state index is 0.0737. The lowest BCUT2D eigenvalue weighted by Gasteiger charge is -2.08. The van der Waals surface area contributed by atoms with Gasteiger partial charge in [0.05, 0.1) is 0 Å². The van der Waals surface area contributed by atoms with Crippen LogP contribution in [0.2, 0.25) is 0 Å². The van der Waals surface area contributed by atoms with E-state index < -0.39 is 0 Å². The topological polar surface area (TPSA) is 58.6 Å². The summed E-state index contributed by atoms with van der Waals surface area (Å²) >= 11 is 0. The molecule has 2 aromatic rings. The summed E-state index contributed by atoms with van der Waals surface area (Å²) in [6.07, 6.45) is 0. The van der Waals surface area contributed by atoms with Gasteiger partial charge in [0.15, 0.2) is 6.61 Å². The molecule has 104 valence electrons. The van der Waals surface area contributed by atoms with Gasteiger partial charge in [0.2, 0.25) is 0 Å². The third kappa shape index (κ3) is 4.31. The molecule has 1 amide bonds. The number of amides is 1. The molecular formula is C16H17NO3. The summed E-state index contributed by atoms with van der Waals surface area (Å²) in [5.41, 5.74) is 1.92. The van der Waals surface area contributed by atoms with Crippen molar-refractivity contribution in [1.29, 1.82) is 0 Å². The summed E-state index contributed by atoms with van der Waals surface area (Å²) in [5.74, 6) is 0.414. The quantitative estimate of drug-likeness (QED) is 0.878. The number of nitrogens with one attached hydrogen (secondary N) is 1. The van der Waals surface area contributed by atoms with E-state index in [4.69, 9.17) is 4.74 Å². The van der Waals surface area contributed by atoms with Crippen LogP contribution in [0.3, 0.4) is 0 Å². The number of aryl methyl sites for hydroxylation is 1. The lowest BCUT2D eigenvalue weighted by atomic mass is 10.2. The second-order valence-corrected chi connectivity index (χ2v) is 4.56. The number of hydrogen-bond donors (Lipinski definition) is 2. The summed E-state index contributed by atoms with van der Waals surface area (Å²) < 4.78 is 5.35. The Labute approximate surface area is 118 Å². The number of benzene rings is 2. The fourth-order valence-corrected chi connectivity index (χ4v) is 1.81. The molecule has 0 aliphatic heterocycles. The fourth-order valence-electron chi connectivity index (χ4n) is 1.81. The van der Waals surface area contributed by atoms with Crippen molar-refractivity contribution in [3.63, 3.8) is 0 Å². The average molecular weight is 271 g/mol. The molecule has 0 saturated carbocycles. The molecule has 4 nitrogen and oxygen atoms in total. The van der Waals surface area contributed by atoms with Crippen LogP contribution in [0.5, 0.6) is 11.5 Å². The maximum Gasteiger partial charge on any atom is 0.258 e. The van der Waals surface area contributed by atoms with Gasteiger partial charge in [-0.15, -0.1) is 0 Å². The molecule has 0 aromatic heterocycles. The molecule has 0 unspecified atom stereocenters. The molecule has 0 radical (unpaired) electrons. The molecule has 2 aromatic carbocycles. The van der Waals surface area contributed by atoms with Gasteiger partial charge in [-0.25, -0.2) is 0 Å². The molecule has 0 aliphatic rings. The highest BCUT2D eigenvalue weighted by atomic mass is 16.5. The Kier molecular flexibility index (Phi) is 4.60. The van der Waals surface area contributed by atoms with E-state index in [1.807, 2.05) is 37.3 Å². The van der Waals surface area contributed by atoms with Crippen LogP contribution in [-0.2, 0) is 11.3 Å². The molecule has 0 fully saturated rings. The van der Waals surface area contributed by atoms with E-state index >= 15 is 0 Å². The van der Waals surface area contributed by atoms with Gasteiger partial charge in [-0.05, 0) is 30.2 Å². The van der Waals surface area contributed by atoms with Crippen molar-refractivity contribution in [3.05, 3.63) is 59.7 Å². The Morgan fingerprint density at radius 1 is 1.20 bits per heavy atom. The molecule has 20 heavy (non-hydrogen) atoms. The SMILES string of the molecule is Cc1cc(O)cc(OCC(=O)NCc2ccccc2)c1. The van der Waals surface area contributed by atoms with Crippen molar-refractivity contribution in [1.82, 2.24) is 5.32 Å². The minimum Gasteiger partial charge on any atom is -0.508 e. The zero-order valence-electron chi connectivity index (χ0n) is 11.3. The van der Waals surface area contributed by atoms with Crippen molar-refractivity contribution in [2.75, 3.05) is 6.61 Å². The van der Waals surface area contributed by atoms with Crippen molar-refractivity contribution in [2.24, 2.45) is 0 Å². The van der Waals surface area contributed by atoms with Gasteiger partial charge in [-0.2, -0.15) is 0 Å². The van der Waals surface area contributed by atoms with Crippen LogP contribution in [0.15, 0.2) is 48.5 Å². The third-order valence-corrected chi connectivity index (χ3v) is 2.74. The molecule has 4 heteroatoms. The van der Waals surface area contributed by atoms with Gasteiger partial charge in [0, 0.05) is 12.6 Å². The van der Waals surface area contributed by atoms with E-state index in [9.17, 15) is 9.90 Å². The van der Waals surface area contributed by atoms with E-state index in [0.717, 1.165) is 11.1 Å². The van der Waals surface area contributed by atoms with E-state index in [1.54, 1.807) is 12.1 Å². The number of carbonyl (C=O) groups excluding carboxylic acids is 1. The van der Waals surface area contributed by atoms with Gasteiger partial charge < -0.3 is 15.2 Å². The highest BCUT2D eigenvalue weighted by Crippen LogP contribution is 2.20. The van der Waals surface area contributed by atoms with Gasteiger partial charge in [-0.1, -0.05) is 30.3 Å². The minimum atomic E-state index is -0.199. The molecule has 0 heterocycles. The van der Waals surface area contributed by atoms with Crippen LogP contribution in [0.25, 0.3) is 0 Å². The van der Waals surface area contributed by atoms with Crippen LogP contribution in [0.1, 0.15) is 11.1 Å². The molecule has 0 spiro atoms. The number of hydrogen-bond acceptors (Lipinski definition) is 3. The Morgan fingerprint density at radius 3 is 2.65 bits per heavy atom. The highest BCUT2D eigenvalue weighted by Gasteiger charge is 2.04. The fraction of sp³-hybridized carbons (Fsp3) is 0.188. The van der Waals surface area contributed by atoms with Crippen molar-refractivity contribution >= 4 is 5.91 Å². The molecule has 0 bridgehead atoms. The number of phenols is 1. The third-order valence-electron chi connectivity index (χ3n) is 2.74. The lowest BCUT2D eigenvalue weighted by molar-refractivity contribution is -0.123. The summed E-state index contributed by atoms with van der Waals surface area (Å²) in [7, 11) is 0. The van der Waals surface area contributed by atoms with Crippen molar-refractivity contribution < 1.29 is 14.6 Å². The molecule has 0 atom stereocenters. The van der Waals surface area contributed by atoms with Crippen molar-refractivity contribution in [2.45, 2.75) is 13.5 Å². The number of ether oxygens (including phenoxy) is 1. The highest BCUT2D eigenvalue weighted by molar-refractivity contribution is 5.77. The predicted octanol–water partition coefficient (Wildman–Crippen LogP) is 2.40. The molecule has 0 aliphatic carbocycles. The van der Waals surface area contributed by atoms with Gasteiger partial charge in [-0.3, -0.25) is 4.79 Å². The zero-order valence-corrected chi connectivity index (χ0v) is 11.3. The van der Waals surface area contributed by atoms with E-state index in [2.05, 4.69) is 5.32 Å². The summed E-state index contributed by atoms with van der Waals surface area (Å²) in [6.45, 7) is 2.25. The molecule has 0 saturated heterocycles. The van der Waals surface area contributed by atoms with E-state index in [1.165, 1.54) is 6.07 Å². The Hall–Kier alpha value is -2.49. The summed E-state index contributed by atoms with van der Waals surface area (Å²) in [5, 5.41) is 12.2. The average Bonchev–Trinajstić information content (AvgIpc) is 2.43. The first-order chi connectivity index (χ1) is 9.63. The van der Waals surface area contributed by atoms with Crippen LogP contribution < -0.4 is 10.1 Å². The Bertz CT molecular complexity index is 561. The number of phenolic OH excluding ortho intramolecular Hbond substituents is 1. The van der Waals surface area contributed by atoms with Crippen molar-refractivity contribution in [3.8, 4) is 11.5 Å². The standard InChI is InChI=1S/C16H17NO3/c1-12-7-14(18)9-15(8-12)20-11-16(19)17-10-13-5-3-2-4-6-13/h2-9,18H,10-11H2,1H3,(H,17,19). The molecule has 2 rings (SSSR count). The Balaban J connectivity index is 1.80.